The molecule has 1 aliphatic rings. The number of hydrogen-bond acceptors (Lipinski definition) is 2. The van der Waals surface area contributed by atoms with Crippen molar-refractivity contribution in [3.63, 3.8) is 0 Å². The van der Waals surface area contributed by atoms with Crippen molar-refractivity contribution in [2.45, 2.75) is 38.5 Å². The topological polar surface area (TPSA) is 56.6 Å². The van der Waals surface area contributed by atoms with Gasteiger partial charge < -0.3 is 4.98 Å². The first kappa shape index (κ1) is 10.9. The summed E-state index contributed by atoms with van der Waals surface area (Å²) in [5.74, 6) is 1.14. The number of rotatable bonds is 1. The Morgan fingerprint density at radius 1 is 1.44 bits per heavy atom. The molecule has 0 aromatic carbocycles. The number of hydrogen-bond donors (Lipinski definition) is 1. The maximum atomic E-state index is 11.3. The highest BCUT2D eigenvalue weighted by atomic mass is 16.1. The van der Waals surface area contributed by atoms with Gasteiger partial charge in [-0.15, -0.1) is 0 Å². The van der Waals surface area contributed by atoms with Gasteiger partial charge in [-0.1, -0.05) is 26.2 Å². The first-order valence-electron chi connectivity index (χ1n) is 5.85. The van der Waals surface area contributed by atoms with Crippen LogP contribution in [0, 0.1) is 17.2 Å². The molecular weight excluding hydrogens is 200 g/mol. The van der Waals surface area contributed by atoms with Gasteiger partial charge in [0.15, 0.2) is 0 Å². The zero-order valence-corrected chi connectivity index (χ0v) is 9.49. The van der Waals surface area contributed by atoms with Crippen LogP contribution in [0.3, 0.4) is 0 Å². The summed E-state index contributed by atoms with van der Waals surface area (Å²) in [5.41, 5.74) is 1.06. The summed E-state index contributed by atoms with van der Waals surface area (Å²) in [6, 6.07) is 3.70. The summed E-state index contributed by atoms with van der Waals surface area (Å²) in [4.78, 5) is 13.9. The summed E-state index contributed by atoms with van der Waals surface area (Å²) in [5, 5.41) is 8.84. The van der Waals surface area contributed by atoms with Gasteiger partial charge in [0, 0.05) is 6.20 Å². The minimum absolute atomic E-state index is 0.232. The predicted octanol–water partition coefficient (Wildman–Crippen LogP) is 2.54. The molecule has 1 aromatic rings. The predicted molar refractivity (Wildman–Crippen MR) is 62.2 cm³/mol. The number of aromatic amines is 1. The van der Waals surface area contributed by atoms with E-state index in [2.05, 4.69) is 11.9 Å². The van der Waals surface area contributed by atoms with Crippen molar-refractivity contribution >= 4 is 0 Å². The number of pyridine rings is 1. The van der Waals surface area contributed by atoms with Gasteiger partial charge >= 0.3 is 0 Å². The third kappa shape index (κ3) is 2.01. The second kappa shape index (κ2) is 4.52. The van der Waals surface area contributed by atoms with Crippen LogP contribution < -0.4 is 5.56 Å². The Balaban J connectivity index is 2.33. The molecular formula is C13H16N2O. The minimum atomic E-state index is -0.283. The van der Waals surface area contributed by atoms with Crippen LogP contribution in [0.25, 0.3) is 0 Å². The molecule has 2 atom stereocenters. The molecule has 1 aromatic heterocycles. The molecule has 2 unspecified atom stereocenters. The van der Waals surface area contributed by atoms with Crippen molar-refractivity contribution < 1.29 is 0 Å². The number of H-pyrrole nitrogens is 1. The summed E-state index contributed by atoms with van der Waals surface area (Å²) in [6.45, 7) is 2.25. The van der Waals surface area contributed by atoms with Crippen molar-refractivity contribution in [2.75, 3.05) is 0 Å². The molecule has 16 heavy (non-hydrogen) atoms. The number of nitrogens with zero attached hydrogens (tertiary/aromatic N) is 1. The van der Waals surface area contributed by atoms with Crippen molar-refractivity contribution in [3.05, 3.63) is 33.7 Å². The number of nitrogens with one attached hydrogen (secondary N) is 1. The van der Waals surface area contributed by atoms with Crippen LogP contribution in [0.5, 0.6) is 0 Å². The number of aromatic nitrogens is 1. The average molecular weight is 216 g/mol. The van der Waals surface area contributed by atoms with Crippen LogP contribution in [0.15, 0.2) is 17.1 Å². The van der Waals surface area contributed by atoms with E-state index in [-0.39, 0.29) is 11.1 Å². The maximum absolute atomic E-state index is 11.3. The van der Waals surface area contributed by atoms with E-state index in [1.807, 2.05) is 6.07 Å². The van der Waals surface area contributed by atoms with Gasteiger partial charge in [-0.3, -0.25) is 4.79 Å². The molecule has 0 radical (unpaired) electrons. The summed E-state index contributed by atoms with van der Waals surface area (Å²) in [7, 11) is 0. The molecule has 0 bridgehead atoms. The molecule has 1 N–H and O–H groups in total. The lowest BCUT2D eigenvalue weighted by atomic mass is 9.77. The Labute approximate surface area is 95.1 Å². The van der Waals surface area contributed by atoms with Crippen LogP contribution >= 0.6 is 0 Å². The molecule has 0 amide bonds. The molecule has 1 aliphatic carbocycles. The van der Waals surface area contributed by atoms with E-state index in [1.54, 1.807) is 12.3 Å². The van der Waals surface area contributed by atoms with Crippen molar-refractivity contribution in [2.24, 2.45) is 5.92 Å². The molecule has 0 saturated heterocycles. The SMILES string of the molecule is CC1CCCCC1c1c[nH]c(=O)c(C#N)c1. The Kier molecular flexibility index (Phi) is 3.09. The Morgan fingerprint density at radius 2 is 2.19 bits per heavy atom. The first-order chi connectivity index (χ1) is 7.72. The smallest absolute Gasteiger partial charge is 0.265 e. The van der Waals surface area contributed by atoms with Gasteiger partial charge in [0.25, 0.3) is 5.56 Å². The van der Waals surface area contributed by atoms with Crippen molar-refractivity contribution in [1.82, 2.24) is 4.98 Å². The van der Waals surface area contributed by atoms with E-state index in [1.165, 1.54) is 19.3 Å². The minimum Gasteiger partial charge on any atom is -0.328 e. The second-order valence-electron chi connectivity index (χ2n) is 4.66. The van der Waals surface area contributed by atoms with E-state index in [4.69, 9.17) is 5.26 Å². The lowest BCUT2D eigenvalue weighted by Crippen LogP contribution is -2.18. The zero-order valence-electron chi connectivity index (χ0n) is 9.49. The van der Waals surface area contributed by atoms with Gasteiger partial charge in [-0.2, -0.15) is 5.26 Å². The van der Waals surface area contributed by atoms with E-state index in [0.717, 1.165) is 12.0 Å². The average Bonchev–Trinajstić information content (AvgIpc) is 2.31. The van der Waals surface area contributed by atoms with Gasteiger partial charge in [-0.25, -0.2) is 0 Å². The normalized spacial score (nSPS) is 25.0. The van der Waals surface area contributed by atoms with Gasteiger partial charge in [0.05, 0.1) is 0 Å². The van der Waals surface area contributed by atoms with Gasteiger partial charge in [-0.05, 0) is 29.9 Å². The molecule has 2 rings (SSSR count). The molecule has 1 saturated carbocycles. The lowest BCUT2D eigenvalue weighted by Gasteiger charge is -2.28. The summed E-state index contributed by atoms with van der Waals surface area (Å²) >= 11 is 0. The fraction of sp³-hybridized carbons (Fsp3) is 0.538. The summed E-state index contributed by atoms with van der Waals surface area (Å²) < 4.78 is 0. The molecule has 84 valence electrons. The largest absolute Gasteiger partial charge is 0.328 e. The van der Waals surface area contributed by atoms with Crippen LogP contribution in [0.4, 0.5) is 0 Å². The van der Waals surface area contributed by atoms with Crippen LogP contribution in [0.2, 0.25) is 0 Å². The molecule has 3 heteroatoms. The summed E-state index contributed by atoms with van der Waals surface area (Å²) in [6.07, 6.45) is 6.72. The lowest BCUT2D eigenvalue weighted by molar-refractivity contribution is 0.330. The number of nitriles is 1. The van der Waals surface area contributed by atoms with Gasteiger partial charge in [0.2, 0.25) is 0 Å². The highest BCUT2D eigenvalue weighted by Gasteiger charge is 2.23. The van der Waals surface area contributed by atoms with E-state index < -0.39 is 0 Å². The van der Waals surface area contributed by atoms with Gasteiger partial charge in [0.1, 0.15) is 11.6 Å². The Bertz CT molecular complexity index is 470. The molecule has 3 nitrogen and oxygen atoms in total. The maximum Gasteiger partial charge on any atom is 0.265 e. The molecule has 0 aliphatic heterocycles. The highest BCUT2D eigenvalue weighted by Crippen LogP contribution is 2.36. The first-order valence-corrected chi connectivity index (χ1v) is 5.85. The molecule has 1 heterocycles. The zero-order chi connectivity index (χ0) is 11.5. The molecule has 1 fully saturated rings. The quantitative estimate of drug-likeness (QED) is 0.784. The van der Waals surface area contributed by atoms with E-state index in [9.17, 15) is 4.79 Å². The highest BCUT2D eigenvalue weighted by molar-refractivity contribution is 5.31. The fourth-order valence-electron chi connectivity index (χ4n) is 2.61. The van der Waals surface area contributed by atoms with Crippen molar-refractivity contribution in [3.8, 4) is 6.07 Å². The molecule has 0 spiro atoms. The van der Waals surface area contributed by atoms with Crippen LogP contribution in [-0.2, 0) is 0 Å². The fourth-order valence-corrected chi connectivity index (χ4v) is 2.61. The Morgan fingerprint density at radius 3 is 2.88 bits per heavy atom. The third-order valence-electron chi connectivity index (χ3n) is 3.59. The van der Waals surface area contributed by atoms with E-state index in [0.29, 0.717) is 11.8 Å². The van der Waals surface area contributed by atoms with Crippen LogP contribution in [-0.4, -0.2) is 4.98 Å². The third-order valence-corrected chi connectivity index (χ3v) is 3.59. The van der Waals surface area contributed by atoms with Crippen LogP contribution in [0.1, 0.15) is 49.7 Å². The standard InChI is InChI=1S/C13H16N2O/c1-9-4-2-3-5-12(9)11-6-10(7-14)13(16)15-8-11/h6,8-9,12H,2-5H2,1H3,(H,15,16). The van der Waals surface area contributed by atoms with E-state index >= 15 is 0 Å². The monoisotopic (exact) mass is 216 g/mol. The van der Waals surface area contributed by atoms with Crippen molar-refractivity contribution in [1.29, 1.82) is 5.26 Å². The Hall–Kier alpha value is -1.56. The second-order valence-corrected chi connectivity index (χ2v) is 4.66.